The summed E-state index contributed by atoms with van der Waals surface area (Å²) in [6, 6.07) is 0. The molecule has 1 aliphatic rings. The first-order valence-electron chi connectivity index (χ1n) is 3.63. The van der Waals surface area contributed by atoms with Gasteiger partial charge in [-0.2, -0.15) is 0 Å². The maximum atomic E-state index is 4.27. The van der Waals surface area contributed by atoms with E-state index < -0.39 is 0 Å². The van der Waals surface area contributed by atoms with Crippen LogP contribution in [0.25, 0.3) is 0 Å². The van der Waals surface area contributed by atoms with Gasteiger partial charge in [0.1, 0.15) is 0 Å². The molecule has 56 valence electrons. The van der Waals surface area contributed by atoms with E-state index in [-0.39, 0.29) is 0 Å². The van der Waals surface area contributed by atoms with Crippen LogP contribution in [-0.4, -0.2) is 24.2 Å². The van der Waals surface area contributed by atoms with Crippen LogP contribution >= 0.6 is 0 Å². The van der Waals surface area contributed by atoms with Crippen LogP contribution in [0.15, 0.2) is 17.4 Å². The number of rotatable bonds is 1. The lowest BCUT2D eigenvalue weighted by Gasteiger charge is -2.20. The summed E-state index contributed by atoms with van der Waals surface area (Å²) in [5.41, 5.74) is 1.27. The first-order chi connectivity index (χ1) is 4.70. The molecule has 0 amide bonds. The highest BCUT2D eigenvalue weighted by Crippen LogP contribution is 2.04. The van der Waals surface area contributed by atoms with Crippen LogP contribution in [0.3, 0.4) is 0 Å². The number of hydrogen-bond donors (Lipinski definition) is 0. The lowest BCUT2D eigenvalue weighted by molar-refractivity contribution is 0.506. The number of nitrogens with zero attached hydrogens (tertiary/aromatic N) is 2. The molecule has 0 atom stereocenters. The van der Waals surface area contributed by atoms with Gasteiger partial charge in [0.05, 0.1) is 6.54 Å². The summed E-state index contributed by atoms with van der Waals surface area (Å²) >= 11 is 0. The Bertz CT molecular complexity index is 168. The molecule has 0 unspecified atom stereocenters. The molecule has 0 aliphatic carbocycles. The van der Waals surface area contributed by atoms with E-state index in [4.69, 9.17) is 0 Å². The van der Waals surface area contributed by atoms with Crippen molar-refractivity contribution in [3.8, 4) is 0 Å². The van der Waals surface area contributed by atoms with Crippen LogP contribution in [0.2, 0.25) is 0 Å². The molecule has 1 heterocycles. The third kappa shape index (κ3) is 1.59. The van der Waals surface area contributed by atoms with Gasteiger partial charge in [-0.3, -0.25) is 4.99 Å². The SMILES string of the molecule is CC(C)C1=NC=CN(C)C1. The second-order valence-electron chi connectivity index (χ2n) is 2.99. The highest BCUT2D eigenvalue weighted by molar-refractivity contribution is 5.89. The van der Waals surface area contributed by atoms with Gasteiger partial charge < -0.3 is 4.90 Å². The number of hydrogen-bond acceptors (Lipinski definition) is 2. The van der Waals surface area contributed by atoms with Crippen molar-refractivity contribution < 1.29 is 0 Å². The summed E-state index contributed by atoms with van der Waals surface area (Å²) in [5.74, 6) is 0.576. The Hall–Kier alpha value is -0.790. The molecule has 2 nitrogen and oxygen atoms in total. The van der Waals surface area contributed by atoms with Crippen molar-refractivity contribution in [2.75, 3.05) is 13.6 Å². The van der Waals surface area contributed by atoms with Crippen LogP contribution in [0.1, 0.15) is 13.8 Å². The summed E-state index contributed by atoms with van der Waals surface area (Å²) in [6.07, 6.45) is 3.85. The standard InChI is InChI=1S/C8H14N2/c1-7(2)8-6-10(3)5-4-9-8/h4-5,7H,6H2,1-3H3. The fourth-order valence-electron chi connectivity index (χ4n) is 0.924. The van der Waals surface area contributed by atoms with Crippen molar-refractivity contribution in [2.24, 2.45) is 10.9 Å². The zero-order valence-electron chi connectivity index (χ0n) is 6.83. The minimum atomic E-state index is 0.576. The molecule has 0 aromatic carbocycles. The predicted octanol–water partition coefficient (Wildman–Crippen LogP) is 1.50. The van der Waals surface area contributed by atoms with Gasteiger partial charge in [0.15, 0.2) is 0 Å². The van der Waals surface area contributed by atoms with Gasteiger partial charge in [-0.05, 0) is 5.92 Å². The Labute approximate surface area is 62.3 Å². The van der Waals surface area contributed by atoms with Crippen LogP contribution in [0.5, 0.6) is 0 Å². The molecule has 0 radical (unpaired) electrons. The maximum absolute atomic E-state index is 4.27. The third-order valence-electron chi connectivity index (χ3n) is 1.64. The molecule has 0 N–H and O–H groups in total. The fraction of sp³-hybridized carbons (Fsp3) is 0.625. The second-order valence-corrected chi connectivity index (χ2v) is 2.99. The van der Waals surface area contributed by atoms with Crippen LogP contribution in [0, 0.1) is 5.92 Å². The molecule has 0 aromatic rings. The highest BCUT2D eigenvalue weighted by atomic mass is 15.1. The molecular formula is C8H14N2. The molecule has 1 aliphatic heterocycles. The minimum absolute atomic E-state index is 0.576. The van der Waals surface area contributed by atoms with Gasteiger partial charge >= 0.3 is 0 Å². The van der Waals surface area contributed by atoms with E-state index in [1.165, 1.54) is 5.71 Å². The van der Waals surface area contributed by atoms with Crippen LogP contribution in [0.4, 0.5) is 0 Å². The van der Waals surface area contributed by atoms with Crippen LogP contribution < -0.4 is 0 Å². The molecule has 2 heteroatoms. The lowest BCUT2D eigenvalue weighted by Crippen LogP contribution is -2.26. The summed E-state index contributed by atoms with van der Waals surface area (Å²) in [4.78, 5) is 6.42. The van der Waals surface area contributed by atoms with E-state index in [0.29, 0.717) is 5.92 Å². The zero-order valence-corrected chi connectivity index (χ0v) is 6.83. The molecule has 10 heavy (non-hydrogen) atoms. The summed E-state index contributed by atoms with van der Waals surface area (Å²) in [5, 5.41) is 0. The number of aliphatic imine (C=N–C) groups is 1. The maximum Gasteiger partial charge on any atom is 0.0557 e. The molecule has 0 aromatic heterocycles. The molecule has 0 saturated heterocycles. The van der Waals surface area contributed by atoms with Crippen molar-refractivity contribution in [1.29, 1.82) is 0 Å². The van der Waals surface area contributed by atoms with Crippen molar-refractivity contribution in [1.82, 2.24) is 4.90 Å². The van der Waals surface area contributed by atoms with Gasteiger partial charge in [-0.15, -0.1) is 0 Å². The quantitative estimate of drug-likeness (QED) is 0.536. The normalized spacial score (nSPS) is 18.0. The van der Waals surface area contributed by atoms with Gasteiger partial charge in [-0.1, -0.05) is 13.8 Å². The molecule has 0 fully saturated rings. The first kappa shape index (κ1) is 7.32. The average molecular weight is 138 g/mol. The van der Waals surface area contributed by atoms with E-state index in [2.05, 4.69) is 30.8 Å². The Morgan fingerprint density at radius 1 is 1.60 bits per heavy atom. The van der Waals surface area contributed by atoms with Gasteiger partial charge in [0, 0.05) is 25.2 Å². The molecule has 1 rings (SSSR count). The zero-order chi connectivity index (χ0) is 7.56. The Kier molecular flexibility index (Phi) is 2.10. The van der Waals surface area contributed by atoms with Gasteiger partial charge in [-0.25, -0.2) is 0 Å². The highest BCUT2D eigenvalue weighted by Gasteiger charge is 2.08. The van der Waals surface area contributed by atoms with E-state index in [0.717, 1.165) is 6.54 Å². The monoisotopic (exact) mass is 138 g/mol. The predicted molar refractivity (Wildman–Crippen MR) is 44.0 cm³/mol. The van der Waals surface area contributed by atoms with E-state index in [1.54, 1.807) is 0 Å². The van der Waals surface area contributed by atoms with Gasteiger partial charge in [0.25, 0.3) is 0 Å². The molecule has 0 bridgehead atoms. The second kappa shape index (κ2) is 2.86. The largest absolute Gasteiger partial charge is 0.374 e. The van der Waals surface area contributed by atoms with Crippen molar-refractivity contribution in [2.45, 2.75) is 13.8 Å². The summed E-state index contributed by atoms with van der Waals surface area (Å²) in [7, 11) is 2.06. The Morgan fingerprint density at radius 2 is 2.30 bits per heavy atom. The molecule has 0 spiro atoms. The summed E-state index contributed by atoms with van der Waals surface area (Å²) < 4.78 is 0. The minimum Gasteiger partial charge on any atom is -0.374 e. The third-order valence-corrected chi connectivity index (χ3v) is 1.64. The molecular weight excluding hydrogens is 124 g/mol. The fourth-order valence-corrected chi connectivity index (χ4v) is 0.924. The summed E-state index contributed by atoms with van der Waals surface area (Å²) in [6.45, 7) is 5.33. The molecule has 0 saturated carbocycles. The first-order valence-corrected chi connectivity index (χ1v) is 3.63. The van der Waals surface area contributed by atoms with Crippen molar-refractivity contribution >= 4 is 5.71 Å². The Morgan fingerprint density at radius 3 is 2.70 bits per heavy atom. The smallest absolute Gasteiger partial charge is 0.0557 e. The van der Waals surface area contributed by atoms with Gasteiger partial charge in [0.2, 0.25) is 0 Å². The van der Waals surface area contributed by atoms with Crippen molar-refractivity contribution in [3.63, 3.8) is 0 Å². The Balaban J connectivity index is 2.61. The van der Waals surface area contributed by atoms with Crippen LogP contribution in [-0.2, 0) is 0 Å². The van der Waals surface area contributed by atoms with E-state index in [1.807, 2.05) is 12.4 Å². The average Bonchev–Trinajstić information content (AvgIpc) is 1.88. The topological polar surface area (TPSA) is 15.6 Å². The van der Waals surface area contributed by atoms with Crippen molar-refractivity contribution in [3.05, 3.63) is 12.4 Å². The van der Waals surface area contributed by atoms with E-state index >= 15 is 0 Å². The lowest BCUT2D eigenvalue weighted by atomic mass is 10.1. The van der Waals surface area contributed by atoms with E-state index in [9.17, 15) is 0 Å².